The molecule has 0 saturated carbocycles. The van der Waals surface area contributed by atoms with Gasteiger partial charge in [-0.3, -0.25) is 4.79 Å². The van der Waals surface area contributed by atoms with Gasteiger partial charge in [0.15, 0.2) is 0 Å². The summed E-state index contributed by atoms with van der Waals surface area (Å²) in [5.74, 6) is -0.217. The molecule has 0 rings (SSSR count). The first kappa shape index (κ1) is 45.8. The fourth-order valence-electron chi connectivity index (χ4n) is 5.30. The Morgan fingerprint density at radius 2 is 0.938 bits per heavy atom. The van der Waals surface area contributed by atoms with Crippen molar-refractivity contribution in [2.45, 2.75) is 180 Å². The van der Waals surface area contributed by atoms with Crippen LogP contribution in [0, 0.1) is 0 Å². The third-order valence-corrected chi connectivity index (χ3v) is 8.25. The molecule has 0 aliphatic rings. The lowest BCUT2D eigenvalue weighted by molar-refractivity contribution is -0.154. The van der Waals surface area contributed by atoms with E-state index >= 15 is 0 Å². The summed E-state index contributed by atoms with van der Waals surface area (Å²) in [6.45, 7) is 5.14. The lowest BCUT2D eigenvalue weighted by Crippen LogP contribution is -2.27. The van der Waals surface area contributed by atoms with Gasteiger partial charge in [-0.25, -0.2) is 0 Å². The predicted octanol–water partition coefficient (Wildman–Crippen LogP) is 13.0. The number of hydrogen-bond donors (Lipinski definition) is 1. The minimum absolute atomic E-state index is 0.180. The molecule has 4 nitrogen and oxygen atoms in total. The van der Waals surface area contributed by atoms with E-state index in [0.717, 1.165) is 64.2 Å². The number of esters is 1. The van der Waals surface area contributed by atoms with Crippen molar-refractivity contribution in [2.24, 2.45) is 0 Å². The molecule has 0 aliphatic carbocycles. The maximum atomic E-state index is 12.1. The minimum atomic E-state index is -0.542. The second kappa shape index (κ2) is 41.0. The number of aliphatic hydroxyl groups is 1. The van der Waals surface area contributed by atoms with Gasteiger partial charge in [-0.15, -0.1) is 0 Å². The van der Waals surface area contributed by atoms with Crippen LogP contribution < -0.4 is 0 Å². The molecule has 0 aromatic rings. The van der Waals surface area contributed by atoms with Gasteiger partial charge < -0.3 is 14.6 Å². The van der Waals surface area contributed by atoms with Crippen LogP contribution in [-0.2, 0) is 14.3 Å². The van der Waals surface area contributed by atoms with Crippen molar-refractivity contribution in [3.8, 4) is 0 Å². The van der Waals surface area contributed by atoms with E-state index in [1.54, 1.807) is 0 Å². The van der Waals surface area contributed by atoms with E-state index in [1.807, 2.05) is 0 Å². The normalized spacial score (nSPS) is 13.1. The molecule has 0 saturated heterocycles. The zero-order valence-electron chi connectivity index (χ0n) is 31.5. The minimum Gasteiger partial charge on any atom is -0.457 e. The van der Waals surface area contributed by atoms with E-state index in [1.165, 1.54) is 89.9 Å². The van der Waals surface area contributed by atoms with Crippen LogP contribution in [-0.4, -0.2) is 37.0 Å². The number of hydrogen-bond acceptors (Lipinski definition) is 4. The van der Waals surface area contributed by atoms with Crippen LogP contribution in [0.2, 0.25) is 0 Å². The Bertz CT molecular complexity index is 835. The lowest BCUT2D eigenvalue weighted by Gasteiger charge is -2.15. The molecule has 0 amide bonds. The van der Waals surface area contributed by atoms with Crippen molar-refractivity contribution in [3.05, 3.63) is 72.9 Å². The maximum absolute atomic E-state index is 12.1. The lowest BCUT2D eigenvalue weighted by atomic mass is 10.1. The topological polar surface area (TPSA) is 55.8 Å². The highest BCUT2D eigenvalue weighted by molar-refractivity contribution is 5.69. The summed E-state index contributed by atoms with van der Waals surface area (Å²) >= 11 is 0. The van der Waals surface area contributed by atoms with Crippen molar-refractivity contribution < 1.29 is 19.4 Å². The molecule has 276 valence electrons. The standard InChI is InChI=1S/C44H76O4/c1-3-5-7-9-11-13-15-16-17-18-19-20-21-22-23-24-25-26-27-28-29-30-32-34-36-38-40-47-42-43(41-45)48-44(46)39-37-35-33-31-14-12-10-8-6-4-2/h5,7-8,10-11,13,16-17,19-20,22-23,43,45H,3-4,6,9,12,14-15,18,21,24-42H2,1-2H3/b7-5-,10-8-,13-11-,17-16-,20-19-,23-22-. The molecule has 0 aliphatic heterocycles. The van der Waals surface area contributed by atoms with E-state index in [2.05, 4.69) is 86.8 Å². The monoisotopic (exact) mass is 669 g/mol. The van der Waals surface area contributed by atoms with Crippen LogP contribution in [0.25, 0.3) is 0 Å². The summed E-state index contributed by atoms with van der Waals surface area (Å²) in [7, 11) is 0. The van der Waals surface area contributed by atoms with Gasteiger partial charge >= 0.3 is 5.97 Å². The van der Waals surface area contributed by atoms with Crippen molar-refractivity contribution in [1.82, 2.24) is 0 Å². The highest BCUT2D eigenvalue weighted by atomic mass is 16.6. The van der Waals surface area contributed by atoms with E-state index in [-0.39, 0.29) is 19.2 Å². The quantitative estimate of drug-likeness (QED) is 0.0410. The smallest absolute Gasteiger partial charge is 0.306 e. The van der Waals surface area contributed by atoms with E-state index in [4.69, 9.17) is 9.47 Å². The molecule has 0 aromatic carbocycles. The van der Waals surface area contributed by atoms with Gasteiger partial charge in [0, 0.05) is 13.0 Å². The van der Waals surface area contributed by atoms with Gasteiger partial charge in [0.25, 0.3) is 0 Å². The first-order valence-corrected chi connectivity index (χ1v) is 20.0. The summed E-state index contributed by atoms with van der Waals surface area (Å²) in [5, 5.41) is 9.55. The van der Waals surface area contributed by atoms with Gasteiger partial charge in [-0.05, 0) is 77.0 Å². The molecule has 0 heterocycles. The van der Waals surface area contributed by atoms with Gasteiger partial charge in [-0.1, -0.05) is 164 Å². The number of carbonyl (C=O) groups is 1. The van der Waals surface area contributed by atoms with Gasteiger partial charge in [0.05, 0.1) is 13.2 Å². The second-order valence-corrected chi connectivity index (χ2v) is 13.0. The Balaban J connectivity index is 3.45. The van der Waals surface area contributed by atoms with Gasteiger partial charge in [-0.2, -0.15) is 0 Å². The number of rotatable bonds is 36. The number of aliphatic hydroxyl groups excluding tert-OH is 1. The van der Waals surface area contributed by atoms with Gasteiger partial charge in [0.1, 0.15) is 6.10 Å². The van der Waals surface area contributed by atoms with Gasteiger partial charge in [0.2, 0.25) is 0 Å². The number of allylic oxidation sites excluding steroid dienone is 12. The van der Waals surface area contributed by atoms with Crippen LogP contribution in [0.15, 0.2) is 72.9 Å². The average Bonchev–Trinajstić information content (AvgIpc) is 3.09. The summed E-state index contributed by atoms with van der Waals surface area (Å²) in [5.41, 5.74) is 0. The highest BCUT2D eigenvalue weighted by Gasteiger charge is 2.13. The van der Waals surface area contributed by atoms with E-state index in [0.29, 0.717) is 13.0 Å². The highest BCUT2D eigenvalue weighted by Crippen LogP contribution is 2.13. The zero-order valence-corrected chi connectivity index (χ0v) is 31.5. The van der Waals surface area contributed by atoms with E-state index < -0.39 is 6.10 Å². The molecule has 0 radical (unpaired) electrons. The molecular formula is C44H76O4. The van der Waals surface area contributed by atoms with Crippen LogP contribution in [0.1, 0.15) is 174 Å². The van der Waals surface area contributed by atoms with Crippen molar-refractivity contribution >= 4 is 5.97 Å². The molecule has 0 aromatic heterocycles. The Labute approximate surface area is 297 Å². The Morgan fingerprint density at radius 1 is 0.521 bits per heavy atom. The Morgan fingerprint density at radius 3 is 1.44 bits per heavy atom. The largest absolute Gasteiger partial charge is 0.457 e. The van der Waals surface area contributed by atoms with Crippen LogP contribution in [0.5, 0.6) is 0 Å². The van der Waals surface area contributed by atoms with Crippen molar-refractivity contribution in [3.63, 3.8) is 0 Å². The summed E-state index contributed by atoms with van der Waals surface area (Å²) in [6, 6.07) is 0. The van der Waals surface area contributed by atoms with Crippen LogP contribution in [0.4, 0.5) is 0 Å². The molecule has 1 unspecified atom stereocenters. The fourth-order valence-corrected chi connectivity index (χ4v) is 5.30. The molecule has 0 spiro atoms. The van der Waals surface area contributed by atoms with Crippen molar-refractivity contribution in [2.75, 3.05) is 19.8 Å². The van der Waals surface area contributed by atoms with Crippen LogP contribution in [0.3, 0.4) is 0 Å². The molecular weight excluding hydrogens is 592 g/mol. The molecule has 0 fully saturated rings. The van der Waals surface area contributed by atoms with E-state index in [9.17, 15) is 9.90 Å². The summed E-state index contributed by atoms with van der Waals surface area (Å²) < 4.78 is 11.1. The fraction of sp³-hybridized carbons (Fsp3) is 0.705. The third kappa shape index (κ3) is 38.3. The summed E-state index contributed by atoms with van der Waals surface area (Å²) in [4.78, 5) is 12.1. The maximum Gasteiger partial charge on any atom is 0.306 e. The average molecular weight is 669 g/mol. The molecule has 4 heteroatoms. The molecule has 1 N–H and O–H groups in total. The second-order valence-electron chi connectivity index (χ2n) is 13.0. The first-order valence-electron chi connectivity index (χ1n) is 20.0. The predicted molar refractivity (Wildman–Crippen MR) is 209 cm³/mol. The molecule has 48 heavy (non-hydrogen) atoms. The first-order chi connectivity index (χ1) is 23.7. The SMILES string of the molecule is CC/C=C\C/C=C\C/C=C\C/C=C\C/C=C\CCCCCCCCCCCCOCC(CO)OC(=O)CCCCCCC/C=C\CCC. The Kier molecular flexibility index (Phi) is 39.1. The summed E-state index contributed by atoms with van der Waals surface area (Å²) in [6.07, 6.45) is 55.3. The third-order valence-electron chi connectivity index (χ3n) is 8.25. The van der Waals surface area contributed by atoms with Crippen molar-refractivity contribution in [1.29, 1.82) is 0 Å². The zero-order chi connectivity index (χ0) is 34.9. The number of ether oxygens (including phenoxy) is 2. The van der Waals surface area contributed by atoms with Crippen LogP contribution >= 0.6 is 0 Å². The Hall–Kier alpha value is -2.17. The number of unbranched alkanes of at least 4 members (excludes halogenated alkanes) is 16. The molecule has 0 bridgehead atoms. The number of carbonyl (C=O) groups excluding carboxylic acids is 1. The molecule has 1 atom stereocenters.